The second-order valence-corrected chi connectivity index (χ2v) is 7.80. The quantitative estimate of drug-likeness (QED) is 0.737. The Morgan fingerprint density at radius 1 is 1.26 bits per heavy atom. The topological polar surface area (TPSA) is 29.1 Å². The molecule has 1 aliphatic carbocycles. The van der Waals surface area contributed by atoms with Gasteiger partial charge in [-0.2, -0.15) is 0 Å². The van der Waals surface area contributed by atoms with E-state index in [1.807, 2.05) is 0 Å². The zero-order valence-corrected chi connectivity index (χ0v) is 14.6. The van der Waals surface area contributed by atoms with Gasteiger partial charge in [0.05, 0.1) is 0 Å². The van der Waals surface area contributed by atoms with Gasteiger partial charge in [0, 0.05) is 17.3 Å². The van der Waals surface area contributed by atoms with Gasteiger partial charge in [-0.25, -0.2) is 0 Å². The third kappa shape index (κ3) is 5.45. The van der Waals surface area contributed by atoms with Gasteiger partial charge in [0.2, 0.25) is 5.91 Å². The predicted octanol–water partition coefficient (Wildman–Crippen LogP) is 4.52. The molecule has 1 N–H and O–H groups in total. The van der Waals surface area contributed by atoms with Gasteiger partial charge >= 0.3 is 0 Å². The molecule has 0 saturated heterocycles. The lowest BCUT2D eigenvalue weighted by atomic mass is 9.69. The highest BCUT2D eigenvalue weighted by atomic mass is 79.9. The third-order valence-corrected chi connectivity index (χ3v) is 5.08. The monoisotopic (exact) mass is 331 g/mol. The van der Waals surface area contributed by atoms with E-state index in [2.05, 4.69) is 48.9 Å². The smallest absolute Gasteiger partial charge is 0.223 e. The van der Waals surface area contributed by atoms with Crippen molar-refractivity contribution in [1.82, 2.24) is 5.32 Å². The summed E-state index contributed by atoms with van der Waals surface area (Å²) >= 11 is 3.46. The summed E-state index contributed by atoms with van der Waals surface area (Å²) in [6.45, 7) is 9.10. The van der Waals surface area contributed by atoms with Gasteiger partial charge in [0.1, 0.15) is 0 Å². The van der Waals surface area contributed by atoms with Crippen molar-refractivity contribution in [2.75, 3.05) is 5.33 Å². The first kappa shape index (κ1) is 17.0. The van der Waals surface area contributed by atoms with Crippen molar-refractivity contribution in [3.05, 3.63) is 0 Å². The number of hydrogen-bond donors (Lipinski definition) is 1. The molecule has 19 heavy (non-hydrogen) atoms. The van der Waals surface area contributed by atoms with Gasteiger partial charge in [-0.05, 0) is 49.9 Å². The molecule has 0 radical (unpaired) electrons. The maximum atomic E-state index is 12.3. The minimum Gasteiger partial charge on any atom is -0.353 e. The molecule has 1 rings (SSSR count). The molecular weight excluding hydrogens is 302 g/mol. The largest absolute Gasteiger partial charge is 0.353 e. The highest BCUT2D eigenvalue weighted by Gasteiger charge is 2.32. The van der Waals surface area contributed by atoms with Crippen LogP contribution >= 0.6 is 15.9 Å². The van der Waals surface area contributed by atoms with E-state index in [1.165, 1.54) is 12.8 Å². The van der Waals surface area contributed by atoms with Gasteiger partial charge in [0.15, 0.2) is 0 Å². The summed E-state index contributed by atoms with van der Waals surface area (Å²) in [4.78, 5) is 12.3. The van der Waals surface area contributed by atoms with Gasteiger partial charge in [-0.15, -0.1) is 0 Å². The molecule has 1 fully saturated rings. The van der Waals surface area contributed by atoms with Gasteiger partial charge in [-0.1, -0.05) is 43.6 Å². The molecule has 1 atom stereocenters. The standard InChI is InChI=1S/C16H30BrNO/c1-5-14(10-11-17)18-15(19)12-6-8-13(9-7-12)16(2,3)4/h12-14H,5-11H2,1-4H3,(H,18,19). The number of alkyl halides is 1. The number of carbonyl (C=O) groups is 1. The van der Waals surface area contributed by atoms with Crippen molar-refractivity contribution < 1.29 is 4.79 Å². The lowest BCUT2D eigenvalue weighted by Crippen LogP contribution is -2.40. The molecule has 2 nitrogen and oxygen atoms in total. The molecule has 1 unspecified atom stereocenters. The van der Waals surface area contributed by atoms with E-state index in [-0.39, 0.29) is 5.92 Å². The lowest BCUT2D eigenvalue weighted by Gasteiger charge is -2.36. The van der Waals surface area contributed by atoms with Crippen molar-refractivity contribution in [3.63, 3.8) is 0 Å². The summed E-state index contributed by atoms with van der Waals surface area (Å²) in [5.41, 5.74) is 0.392. The van der Waals surface area contributed by atoms with Crippen molar-refractivity contribution in [2.45, 2.75) is 72.3 Å². The Kier molecular flexibility index (Phi) is 6.85. The maximum absolute atomic E-state index is 12.3. The van der Waals surface area contributed by atoms with Crippen molar-refractivity contribution in [1.29, 1.82) is 0 Å². The van der Waals surface area contributed by atoms with E-state index < -0.39 is 0 Å². The van der Waals surface area contributed by atoms with Crippen molar-refractivity contribution >= 4 is 21.8 Å². The van der Waals surface area contributed by atoms with E-state index in [4.69, 9.17) is 0 Å². The fourth-order valence-electron chi connectivity index (χ4n) is 3.05. The first-order valence-corrected chi connectivity index (χ1v) is 8.87. The van der Waals surface area contributed by atoms with Crippen LogP contribution in [0.3, 0.4) is 0 Å². The van der Waals surface area contributed by atoms with Crippen LogP contribution in [0, 0.1) is 17.3 Å². The van der Waals surface area contributed by atoms with E-state index in [0.29, 0.717) is 17.4 Å². The Balaban J connectivity index is 2.40. The molecule has 0 spiro atoms. The van der Waals surface area contributed by atoms with E-state index in [9.17, 15) is 4.79 Å². The van der Waals surface area contributed by atoms with E-state index in [1.54, 1.807) is 0 Å². The summed E-state index contributed by atoms with van der Waals surface area (Å²) in [7, 11) is 0. The summed E-state index contributed by atoms with van der Waals surface area (Å²) in [5.74, 6) is 1.32. The van der Waals surface area contributed by atoms with Crippen LogP contribution in [0.2, 0.25) is 0 Å². The van der Waals surface area contributed by atoms with Crippen LogP contribution < -0.4 is 5.32 Å². The minimum absolute atomic E-state index is 0.253. The van der Waals surface area contributed by atoms with Crippen LogP contribution in [0.15, 0.2) is 0 Å². The van der Waals surface area contributed by atoms with Crippen LogP contribution in [-0.4, -0.2) is 17.3 Å². The summed E-state index contributed by atoms with van der Waals surface area (Å²) in [6.07, 6.45) is 6.60. The molecule has 1 amide bonds. The normalized spacial score (nSPS) is 25.9. The lowest BCUT2D eigenvalue weighted by molar-refractivity contribution is -0.127. The molecule has 0 bridgehead atoms. The fourth-order valence-corrected chi connectivity index (χ4v) is 3.60. The Hall–Kier alpha value is -0.0500. The Morgan fingerprint density at radius 2 is 1.84 bits per heavy atom. The molecule has 0 aromatic carbocycles. The first-order chi connectivity index (χ1) is 8.88. The average molecular weight is 332 g/mol. The molecule has 3 heteroatoms. The number of amides is 1. The Morgan fingerprint density at radius 3 is 2.26 bits per heavy atom. The van der Waals surface area contributed by atoms with Gasteiger partial charge in [0.25, 0.3) is 0 Å². The Labute approximate surface area is 127 Å². The number of rotatable bonds is 5. The summed E-state index contributed by atoms with van der Waals surface area (Å²) in [6, 6.07) is 0.340. The number of carbonyl (C=O) groups excluding carboxylic acids is 1. The van der Waals surface area contributed by atoms with Gasteiger partial charge in [-0.3, -0.25) is 4.79 Å². The second-order valence-electron chi connectivity index (χ2n) is 7.01. The zero-order chi connectivity index (χ0) is 14.5. The van der Waals surface area contributed by atoms with Crippen LogP contribution in [0.5, 0.6) is 0 Å². The van der Waals surface area contributed by atoms with Crippen LogP contribution in [-0.2, 0) is 4.79 Å². The summed E-state index contributed by atoms with van der Waals surface area (Å²) < 4.78 is 0. The third-order valence-electron chi connectivity index (χ3n) is 4.62. The maximum Gasteiger partial charge on any atom is 0.223 e. The highest BCUT2D eigenvalue weighted by Crippen LogP contribution is 2.39. The highest BCUT2D eigenvalue weighted by molar-refractivity contribution is 9.09. The number of halogens is 1. The molecule has 112 valence electrons. The molecule has 0 heterocycles. The van der Waals surface area contributed by atoms with Crippen LogP contribution in [0.1, 0.15) is 66.2 Å². The molecular formula is C16H30BrNO. The SMILES string of the molecule is CCC(CCBr)NC(=O)C1CCC(C(C)(C)C)CC1. The minimum atomic E-state index is 0.253. The molecule has 0 aromatic rings. The molecule has 1 saturated carbocycles. The molecule has 1 aliphatic rings. The van der Waals surface area contributed by atoms with E-state index in [0.717, 1.165) is 36.9 Å². The zero-order valence-electron chi connectivity index (χ0n) is 13.0. The second kappa shape index (κ2) is 7.66. The van der Waals surface area contributed by atoms with E-state index >= 15 is 0 Å². The summed E-state index contributed by atoms with van der Waals surface area (Å²) in [5, 5.41) is 4.18. The van der Waals surface area contributed by atoms with Crippen molar-refractivity contribution in [2.24, 2.45) is 17.3 Å². The Bertz CT molecular complexity index is 277. The number of nitrogens with one attached hydrogen (secondary N) is 1. The van der Waals surface area contributed by atoms with Crippen LogP contribution in [0.4, 0.5) is 0 Å². The predicted molar refractivity (Wildman–Crippen MR) is 85.5 cm³/mol. The van der Waals surface area contributed by atoms with Gasteiger partial charge < -0.3 is 5.32 Å². The van der Waals surface area contributed by atoms with Crippen LogP contribution in [0.25, 0.3) is 0 Å². The molecule has 0 aromatic heterocycles. The fraction of sp³-hybridized carbons (Fsp3) is 0.938. The van der Waals surface area contributed by atoms with Crippen molar-refractivity contribution in [3.8, 4) is 0 Å². The molecule has 0 aliphatic heterocycles. The number of hydrogen-bond acceptors (Lipinski definition) is 1. The average Bonchev–Trinajstić information content (AvgIpc) is 2.37. The first-order valence-electron chi connectivity index (χ1n) is 7.74.